The van der Waals surface area contributed by atoms with Crippen LogP contribution in [-0.2, 0) is 29.0 Å². The molecule has 0 radical (unpaired) electrons. The number of carbonyl (C=O) groups is 1. The standard InChI is InChI=1S/C30H33N3O6/c1-35-25-11-7-10-24(19-25)30-31-28(39-32-30)15-17-33(29(34)21-38-20-23-8-5-4-6-9-23)16-14-22-12-13-26(36-2)27(18-22)37-3/h4-13,18-19H,14-17,20-21H2,1-3H3. The fourth-order valence-corrected chi connectivity index (χ4v) is 4.05. The first-order valence-electron chi connectivity index (χ1n) is 12.7. The minimum absolute atomic E-state index is 0.0281. The predicted molar refractivity (Wildman–Crippen MR) is 146 cm³/mol. The second-order valence-electron chi connectivity index (χ2n) is 8.79. The molecule has 4 aromatic rings. The molecule has 3 aromatic carbocycles. The Morgan fingerprint density at radius 3 is 2.38 bits per heavy atom. The van der Waals surface area contributed by atoms with Crippen LogP contribution in [0.3, 0.4) is 0 Å². The van der Waals surface area contributed by atoms with E-state index in [0.717, 1.165) is 16.7 Å². The quantitative estimate of drug-likeness (QED) is 0.233. The molecule has 0 fully saturated rings. The van der Waals surface area contributed by atoms with Gasteiger partial charge in [0.15, 0.2) is 11.5 Å². The number of ether oxygens (including phenoxy) is 4. The molecule has 0 saturated heterocycles. The summed E-state index contributed by atoms with van der Waals surface area (Å²) in [4.78, 5) is 19.4. The van der Waals surface area contributed by atoms with Gasteiger partial charge in [0.1, 0.15) is 12.4 Å². The summed E-state index contributed by atoms with van der Waals surface area (Å²) in [6.07, 6.45) is 1.04. The zero-order valence-corrected chi connectivity index (χ0v) is 22.5. The Balaban J connectivity index is 1.41. The Bertz CT molecular complexity index is 1340. The van der Waals surface area contributed by atoms with Crippen LogP contribution in [0, 0.1) is 0 Å². The van der Waals surface area contributed by atoms with Gasteiger partial charge in [0.25, 0.3) is 0 Å². The lowest BCUT2D eigenvalue weighted by Crippen LogP contribution is -2.37. The summed E-state index contributed by atoms with van der Waals surface area (Å²) in [6.45, 7) is 1.23. The van der Waals surface area contributed by atoms with Crippen molar-refractivity contribution in [1.82, 2.24) is 15.0 Å². The average Bonchev–Trinajstić information content (AvgIpc) is 3.46. The fourth-order valence-electron chi connectivity index (χ4n) is 4.05. The monoisotopic (exact) mass is 531 g/mol. The zero-order valence-electron chi connectivity index (χ0n) is 22.5. The Hall–Kier alpha value is -4.37. The first kappa shape index (κ1) is 27.7. The molecule has 9 heteroatoms. The largest absolute Gasteiger partial charge is 0.497 e. The van der Waals surface area contributed by atoms with Crippen LogP contribution in [0.4, 0.5) is 0 Å². The number of benzene rings is 3. The minimum Gasteiger partial charge on any atom is -0.497 e. The highest BCUT2D eigenvalue weighted by Crippen LogP contribution is 2.28. The fraction of sp³-hybridized carbons (Fsp3) is 0.300. The van der Waals surface area contributed by atoms with Crippen molar-refractivity contribution >= 4 is 5.91 Å². The van der Waals surface area contributed by atoms with Crippen molar-refractivity contribution in [1.29, 1.82) is 0 Å². The topological polar surface area (TPSA) is 96.2 Å². The van der Waals surface area contributed by atoms with E-state index in [1.54, 1.807) is 26.2 Å². The van der Waals surface area contributed by atoms with Gasteiger partial charge in [-0.1, -0.05) is 53.7 Å². The number of hydrogen-bond donors (Lipinski definition) is 0. The van der Waals surface area contributed by atoms with Crippen LogP contribution in [0.2, 0.25) is 0 Å². The highest BCUT2D eigenvalue weighted by molar-refractivity contribution is 5.77. The van der Waals surface area contributed by atoms with Crippen LogP contribution in [-0.4, -0.2) is 62.0 Å². The Morgan fingerprint density at radius 2 is 1.62 bits per heavy atom. The van der Waals surface area contributed by atoms with E-state index in [1.807, 2.05) is 72.8 Å². The molecule has 0 saturated carbocycles. The molecule has 9 nitrogen and oxygen atoms in total. The Morgan fingerprint density at radius 1 is 0.821 bits per heavy atom. The summed E-state index contributed by atoms with van der Waals surface area (Å²) in [6, 6.07) is 23.0. The van der Waals surface area contributed by atoms with Crippen LogP contribution in [0.25, 0.3) is 11.4 Å². The van der Waals surface area contributed by atoms with E-state index in [1.165, 1.54) is 0 Å². The molecule has 1 amide bonds. The first-order chi connectivity index (χ1) is 19.1. The third-order valence-corrected chi connectivity index (χ3v) is 6.20. The summed E-state index contributed by atoms with van der Waals surface area (Å²) in [5, 5.41) is 4.10. The molecule has 204 valence electrons. The Kier molecular flexibility index (Phi) is 9.91. The van der Waals surface area contributed by atoms with Gasteiger partial charge in [-0.2, -0.15) is 4.98 Å². The molecule has 0 aliphatic carbocycles. The molecular formula is C30H33N3O6. The molecule has 0 N–H and O–H groups in total. The first-order valence-corrected chi connectivity index (χ1v) is 12.7. The maximum absolute atomic E-state index is 13.2. The lowest BCUT2D eigenvalue weighted by atomic mass is 10.1. The van der Waals surface area contributed by atoms with Gasteiger partial charge < -0.3 is 28.4 Å². The summed E-state index contributed by atoms with van der Waals surface area (Å²) in [5.74, 6) is 2.82. The second kappa shape index (κ2) is 14.0. The van der Waals surface area contributed by atoms with Gasteiger partial charge in [-0.05, 0) is 41.8 Å². The summed E-state index contributed by atoms with van der Waals surface area (Å²) >= 11 is 0. The normalized spacial score (nSPS) is 10.7. The highest BCUT2D eigenvalue weighted by Gasteiger charge is 2.17. The van der Waals surface area contributed by atoms with Crippen LogP contribution < -0.4 is 14.2 Å². The van der Waals surface area contributed by atoms with E-state index in [9.17, 15) is 4.79 Å². The number of hydrogen-bond acceptors (Lipinski definition) is 8. The van der Waals surface area contributed by atoms with Crippen LogP contribution in [0.15, 0.2) is 77.3 Å². The molecule has 0 spiro atoms. The molecule has 0 atom stereocenters. The number of nitrogens with zero attached hydrogens (tertiary/aromatic N) is 3. The molecular weight excluding hydrogens is 498 g/mol. The Labute approximate surface area is 228 Å². The summed E-state index contributed by atoms with van der Waals surface area (Å²) in [5.41, 5.74) is 2.83. The molecule has 4 rings (SSSR count). The van der Waals surface area contributed by atoms with Gasteiger partial charge in [0.05, 0.1) is 27.9 Å². The molecule has 0 aliphatic heterocycles. The number of methoxy groups -OCH3 is 3. The van der Waals surface area contributed by atoms with Crippen LogP contribution in [0.1, 0.15) is 17.0 Å². The zero-order chi connectivity index (χ0) is 27.5. The minimum atomic E-state index is -0.112. The number of amides is 1. The van der Waals surface area contributed by atoms with Crippen molar-refractivity contribution in [2.45, 2.75) is 19.4 Å². The third-order valence-electron chi connectivity index (χ3n) is 6.20. The highest BCUT2D eigenvalue weighted by atomic mass is 16.5. The van der Waals surface area contributed by atoms with Crippen molar-refractivity contribution in [3.05, 3.63) is 89.8 Å². The summed E-state index contributed by atoms with van der Waals surface area (Å²) in [7, 11) is 4.81. The second-order valence-corrected chi connectivity index (χ2v) is 8.79. The third kappa shape index (κ3) is 7.81. The van der Waals surface area contributed by atoms with Gasteiger partial charge in [-0.3, -0.25) is 4.79 Å². The van der Waals surface area contributed by atoms with Gasteiger partial charge in [-0.15, -0.1) is 0 Å². The maximum atomic E-state index is 13.2. The van der Waals surface area contributed by atoms with Gasteiger partial charge in [-0.25, -0.2) is 0 Å². The molecule has 39 heavy (non-hydrogen) atoms. The van der Waals surface area contributed by atoms with Gasteiger partial charge in [0, 0.05) is 25.1 Å². The van der Waals surface area contributed by atoms with Crippen LogP contribution in [0.5, 0.6) is 17.2 Å². The smallest absolute Gasteiger partial charge is 0.248 e. The number of carbonyl (C=O) groups excluding carboxylic acids is 1. The maximum Gasteiger partial charge on any atom is 0.248 e. The molecule has 1 heterocycles. The van der Waals surface area contributed by atoms with E-state index in [4.69, 9.17) is 23.5 Å². The van der Waals surface area contributed by atoms with Crippen molar-refractivity contribution in [3.8, 4) is 28.6 Å². The van der Waals surface area contributed by atoms with Gasteiger partial charge >= 0.3 is 0 Å². The van der Waals surface area contributed by atoms with Crippen molar-refractivity contribution < 1.29 is 28.3 Å². The summed E-state index contributed by atoms with van der Waals surface area (Å²) < 4.78 is 27.2. The van der Waals surface area contributed by atoms with Crippen molar-refractivity contribution in [2.24, 2.45) is 0 Å². The van der Waals surface area contributed by atoms with E-state index in [-0.39, 0.29) is 12.5 Å². The van der Waals surface area contributed by atoms with Crippen molar-refractivity contribution in [2.75, 3.05) is 41.0 Å². The number of rotatable bonds is 14. The van der Waals surface area contributed by atoms with E-state index >= 15 is 0 Å². The lowest BCUT2D eigenvalue weighted by molar-refractivity contribution is -0.136. The number of aromatic nitrogens is 2. The molecule has 0 bridgehead atoms. The van der Waals surface area contributed by atoms with Gasteiger partial charge in [0.2, 0.25) is 17.6 Å². The average molecular weight is 532 g/mol. The molecule has 1 aromatic heterocycles. The van der Waals surface area contributed by atoms with E-state index in [2.05, 4.69) is 10.1 Å². The predicted octanol–water partition coefficient (Wildman–Crippen LogP) is 4.59. The van der Waals surface area contributed by atoms with Crippen LogP contribution >= 0.6 is 0 Å². The SMILES string of the molecule is COc1cccc(-c2noc(CCN(CCc3ccc(OC)c(OC)c3)C(=O)COCc3ccccc3)n2)c1. The lowest BCUT2D eigenvalue weighted by Gasteiger charge is -2.22. The van der Waals surface area contributed by atoms with E-state index in [0.29, 0.717) is 61.5 Å². The van der Waals surface area contributed by atoms with E-state index < -0.39 is 0 Å². The molecule has 0 unspecified atom stereocenters. The van der Waals surface area contributed by atoms with Crippen molar-refractivity contribution in [3.63, 3.8) is 0 Å². The molecule has 0 aliphatic rings.